The van der Waals surface area contributed by atoms with Crippen LogP contribution in [0.1, 0.15) is 31.1 Å². The van der Waals surface area contributed by atoms with Gasteiger partial charge in [-0.05, 0) is 19.4 Å². The zero-order valence-corrected chi connectivity index (χ0v) is 11.4. The standard InChI is InChI=1S/C13H17N3OS/c1-13(2,14)12-15-11(17-16-12)9-18-8-10-6-4-3-5-7-10/h3-7H,8-9,14H2,1-2H3. The topological polar surface area (TPSA) is 64.9 Å². The molecule has 5 heteroatoms. The van der Waals surface area contributed by atoms with E-state index in [4.69, 9.17) is 10.3 Å². The first-order valence-electron chi connectivity index (χ1n) is 5.79. The van der Waals surface area contributed by atoms with Crippen LogP contribution in [0.3, 0.4) is 0 Å². The number of nitrogens with zero attached hydrogens (tertiary/aromatic N) is 2. The summed E-state index contributed by atoms with van der Waals surface area (Å²) in [5, 5.41) is 3.89. The van der Waals surface area contributed by atoms with Gasteiger partial charge in [0.2, 0.25) is 5.89 Å². The van der Waals surface area contributed by atoms with Crippen molar-refractivity contribution in [3.63, 3.8) is 0 Å². The summed E-state index contributed by atoms with van der Waals surface area (Å²) >= 11 is 1.75. The van der Waals surface area contributed by atoms with Gasteiger partial charge in [-0.3, -0.25) is 0 Å². The maximum Gasteiger partial charge on any atom is 0.236 e. The number of aromatic nitrogens is 2. The number of thioether (sulfide) groups is 1. The Labute approximate surface area is 111 Å². The molecular formula is C13H17N3OS. The second-order valence-electron chi connectivity index (χ2n) is 4.71. The number of hydrogen-bond donors (Lipinski definition) is 1. The molecular weight excluding hydrogens is 246 g/mol. The third-order valence-electron chi connectivity index (χ3n) is 2.38. The van der Waals surface area contributed by atoms with Gasteiger partial charge in [0.05, 0.1) is 11.3 Å². The molecule has 2 rings (SSSR count). The first-order valence-corrected chi connectivity index (χ1v) is 6.95. The molecule has 4 nitrogen and oxygen atoms in total. The first-order chi connectivity index (χ1) is 8.55. The fraction of sp³-hybridized carbons (Fsp3) is 0.385. The Hall–Kier alpha value is -1.33. The average molecular weight is 263 g/mol. The minimum atomic E-state index is -0.550. The van der Waals surface area contributed by atoms with Crippen molar-refractivity contribution in [1.29, 1.82) is 0 Å². The van der Waals surface area contributed by atoms with E-state index in [1.54, 1.807) is 11.8 Å². The van der Waals surface area contributed by atoms with Gasteiger partial charge in [-0.25, -0.2) is 0 Å². The highest BCUT2D eigenvalue weighted by Gasteiger charge is 2.21. The van der Waals surface area contributed by atoms with E-state index in [-0.39, 0.29) is 0 Å². The van der Waals surface area contributed by atoms with Gasteiger partial charge in [0.15, 0.2) is 5.82 Å². The molecule has 0 aliphatic heterocycles. The summed E-state index contributed by atoms with van der Waals surface area (Å²) in [6.07, 6.45) is 0. The van der Waals surface area contributed by atoms with Gasteiger partial charge < -0.3 is 10.3 Å². The van der Waals surface area contributed by atoms with Crippen LogP contribution < -0.4 is 5.73 Å². The molecule has 0 bridgehead atoms. The number of rotatable bonds is 5. The van der Waals surface area contributed by atoms with Crippen LogP contribution in [-0.4, -0.2) is 10.1 Å². The van der Waals surface area contributed by atoms with Gasteiger partial charge in [0.1, 0.15) is 0 Å². The van der Waals surface area contributed by atoms with Gasteiger partial charge in [0.25, 0.3) is 0 Å². The molecule has 0 spiro atoms. The van der Waals surface area contributed by atoms with Crippen LogP contribution in [0.15, 0.2) is 34.9 Å². The van der Waals surface area contributed by atoms with Crippen LogP contribution in [0.5, 0.6) is 0 Å². The third kappa shape index (κ3) is 3.58. The summed E-state index contributed by atoms with van der Waals surface area (Å²) in [6, 6.07) is 10.3. The van der Waals surface area contributed by atoms with Gasteiger partial charge in [-0.1, -0.05) is 35.5 Å². The van der Waals surface area contributed by atoms with Crippen LogP contribution >= 0.6 is 11.8 Å². The molecule has 1 aromatic carbocycles. The maximum absolute atomic E-state index is 5.90. The van der Waals surface area contributed by atoms with E-state index in [2.05, 4.69) is 22.3 Å². The Bertz CT molecular complexity index is 490. The van der Waals surface area contributed by atoms with Gasteiger partial charge in [-0.15, -0.1) is 11.8 Å². The minimum Gasteiger partial charge on any atom is -0.338 e. The lowest BCUT2D eigenvalue weighted by molar-refractivity contribution is 0.370. The average Bonchev–Trinajstić information content (AvgIpc) is 2.79. The summed E-state index contributed by atoms with van der Waals surface area (Å²) in [5.41, 5.74) is 6.64. The number of hydrogen-bond acceptors (Lipinski definition) is 5. The molecule has 0 radical (unpaired) electrons. The molecule has 0 saturated heterocycles. The summed E-state index contributed by atoms with van der Waals surface area (Å²) < 4.78 is 5.17. The highest BCUT2D eigenvalue weighted by molar-refractivity contribution is 7.97. The molecule has 0 unspecified atom stereocenters. The van der Waals surface area contributed by atoms with Gasteiger partial charge in [-0.2, -0.15) is 4.98 Å². The van der Waals surface area contributed by atoms with Crippen molar-refractivity contribution in [3.05, 3.63) is 47.6 Å². The minimum absolute atomic E-state index is 0.550. The predicted octanol–water partition coefficient (Wildman–Crippen LogP) is 2.70. The van der Waals surface area contributed by atoms with Crippen molar-refractivity contribution in [1.82, 2.24) is 10.1 Å². The van der Waals surface area contributed by atoms with Crippen molar-refractivity contribution < 1.29 is 4.52 Å². The molecule has 1 heterocycles. The second-order valence-corrected chi connectivity index (χ2v) is 5.70. The molecule has 2 aromatic rings. The zero-order chi connectivity index (χ0) is 13.0. The summed E-state index contributed by atoms with van der Waals surface area (Å²) in [4.78, 5) is 4.29. The van der Waals surface area contributed by atoms with E-state index < -0.39 is 5.54 Å². The first kappa shape index (κ1) is 13.1. The van der Waals surface area contributed by atoms with Crippen LogP contribution in [0.25, 0.3) is 0 Å². The smallest absolute Gasteiger partial charge is 0.236 e. The molecule has 96 valence electrons. The quantitative estimate of drug-likeness (QED) is 0.898. The summed E-state index contributed by atoms with van der Waals surface area (Å²) in [6.45, 7) is 3.72. The SMILES string of the molecule is CC(C)(N)c1noc(CSCc2ccccc2)n1. The normalized spacial score (nSPS) is 11.7. The lowest BCUT2D eigenvalue weighted by Gasteiger charge is -2.11. The van der Waals surface area contributed by atoms with E-state index in [1.807, 2.05) is 32.0 Å². The van der Waals surface area contributed by atoms with E-state index in [0.29, 0.717) is 17.5 Å². The van der Waals surface area contributed by atoms with E-state index in [1.165, 1.54) is 5.56 Å². The van der Waals surface area contributed by atoms with Crippen LogP contribution in [-0.2, 0) is 17.0 Å². The van der Waals surface area contributed by atoms with Crippen molar-refractivity contribution in [2.75, 3.05) is 0 Å². The van der Waals surface area contributed by atoms with Crippen LogP contribution in [0.2, 0.25) is 0 Å². The fourth-order valence-electron chi connectivity index (χ4n) is 1.41. The molecule has 0 aliphatic carbocycles. The summed E-state index contributed by atoms with van der Waals surface area (Å²) in [5.74, 6) is 2.82. The molecule has 2 N–H and O–H groups in total. The molecule has 0 aliphatic rings. The second kappa shape index (κ2) is 5.54. The molecule has 18 heavy (non-hydrogen) atoms. The van der Waals surface area contributed by atoms with Crippen LogP contribution in [0.4, 0.5) is 0 Å². The Kier molecular flexibility index (Phi) is 4.04. The molecule has 0 amide bonds. The number of nitrogens with two attached hydrogens (primary N) is 1. The Morgan fingerprint density at radius 3 is 2.56 bits per heavy atom. The highest BCUT2D eigenvalue weighted by atomic mass is 32.2. The Morgan fingerprint density at radius 1 is 1.22 bits per heavy atom. The Morgan fingerprint density at radius 2 is 1.94 bits per heavy atom. The van der Waals surface area contributed by atoms with E-state index in [0.717, 1.165) is 5.75 Å². The van der Waals surface area contributed by atoms with Gasteiger partial charge >= 0.3 is 0 Å². The lowest BCUT2D eigenvalue weighted by Crippen LogP contribution is -2.30. The molecule has 0 saturated carbocycles. The van der Waals surface area contributed by atoms with Crippen molar-refractivity contribution in [2.45, 2.75) is 30.9 Å². The monoisotopic (exact) mass is 263 g/mol. The fourth-order valence-corrected chi connectivity index (χ4v) is 2.23. The lowest BCUT2D eigenvalue weighted by atomic mass is 10.1. The maximum atomic E-state index is 5.90. The predicted molar refractivity (Wildman–Crippen MR) is 73.0 cm³/mol. The Balaban J connectivity index is 1.86. The van der Waals surface area contributed by atoms with Crippen LogP contribution in [0, 0.1) is 0 Å². The molecule has 1 aromatic heterocycles. The van der Waals surface area contributed by atoms with E-state index >= 15 is 0 Å². The molecule has 0 fully saturated rings. The highest BCUT2D eigenvalue weighted by Crippen LogP contribution is 2.19. The number of benzene rings is 1. The largest absolute Gasteiger partial charge is 0.338 e. The third-order valence-corrected chi connectivity index (χ3v) is 3.37. The van der Waals surface area contributed by atoms with Crippen molar-refractivity contribution in [2.24, 2.45) is 5.73 Å². The van der Waals surface area contributed by atoms with E-state index in [9.17, 15) is 0 Å². The summed E-state index contributed by atoms with van der Waals surface area (Å²) in [7, 11) is 0. The van der Waals surface area contributed by atoms with Crippen molar-refractivity contribution in [3.8, 4) is 0 Å². The molecule has 0 atom stereocenters. The van der Waals surface area contributed by atoms with Gasteiger partial charge in [0, 0.05) is 5.75 Å². The zero-order valence-electron chi connectivity index (χ0n) is 10.6. The van der Waals surface area contributed by atoms with Crippen molar-refractivity contribution >= 4 is 11.8 Å².